The van der Waals surface area contributed by atoms with E-state index in [2.05, 4.69) is 6.58 Å². The second-order valence-corrected chi connectivity index (χ2v) is 3.30. The number of esters is 1. The van der Waals surface area contributed by atoms with Crippen molar-refractivity contribution in [3.8, 4) is 0 Å². The van der Waals surface area contributed by atoms with Crippen LogP contribution in [-0.4, -0.2) is 24.1 Å². The molecule has 0 amide bonds. The van der Waals surface area contributed by atoms with Crippen LogP contribution >= 0.6 is 0 Å². The lowest BCUT2D eigenvalue weighted by Gasteiger charge is -2.11. The van der Waals surface area contributed by atoms with Gasteiger partial charge in [0.1, 0.15) is 11.6 Å². The summed E-state index contributed by atoms with van der Waals surface area (Å²) in [5, 5.41) is 0. The minimum Gasteiger partial charge on any atom is -0.463 e. The molecule has 0 aliphatic carbocycles. The Morgan fingerprint density at radius 3 is 2.00 bits per heavy atom. The van der Waals surface area contributed by atoms with E-state index in [0.29, 0.717) is 0 Å². The van der Waals surface area contributed by atoms with Crippen molar-refractivity contribution < 1.29 is 19.1 Å². The summed E-state index contributed by atoms with van der Waals surface area (Å²) in [7, 11) is 0. The molecule has 15 heavy (non-hydrogen) atoms. The van der Waals surface area contributed by atoms with Gasteiger partial charge in [0.25, 0.3) is 0 Å². The van der Waals surface area contributed by atoms with Crippen molar-refractivity contribution in [2.45, 2.75) is 27.2 Å². The fourth-order valence-corrected chi connectivity index (χ4v) is 1.14. The maximum absolute atomic E-state index is 11.2. The lowest BCUT2D eigenvalue weighted by atomic mass is 9.93. The zero-order valence-corrected chi connectivity index (χ0v) is 9.33. The molecule has 4 nitrogen and oxygen atoms in total. The zero-order chi connectivity index (χ0) is 12.0. The van der Waals surface area contributed by atoms with Gasteiger partial charge in [0.05, 0.1) is 12.5 Å². The highest BCUT2D eigenvalue weighted by Crippen LogP contribution is 2.14. The van der Waals surface area contributed by atoms with Crippen LogP contribution in [0.15, 0.2) is 12.2 Å². The fraction of sp³-hybridized carbons (Fsp3) is 0.545. The second kappa shape index (κ2) is 6.11. The third-order valence-electron chi connectivity index (χ3n) is 2.00. The fourth-order valence-electron chi connectivity index (χ4n) is 1.14. The SMILES string of the molecule is C=C(CC(C(C)=O)C(C)=O)C(=O)OCC. The lowest BCUT2D eigenvalue weighted by Crippen LogP contribution is -2.22. The molecule has 0 saturated carbocycles. The Bertz CT molecular complexity index is 277. The van der Waals surface area contributed by atoms with Crippen LogP contribution in [0.1, 0.15) is 27.2 Å². The highest BCUT2D eigenvalue weighted by atomic mass is 16.5. The molecule has 0 saturated heterocycles. The summed E-state index contributed by atoms with van der Waals surface area (Å²) in [4.78, 5) is 33.4. The number of hydrogen-bond donors (Lipinski definition) is 0. The molecule has 0 spiro atoms. The Morgan fingerprint density at radius 2 is 1.67 bits per heavy atom. The first-order valence-corrected chi connectivity index (χ1v) is 4.75. The minimum atomic E-state index is -0.776. The predicted octanol–water partition coefficient (Wildman–Crippen LogP) is 1.29. The topological polar surface area (TPSA) is 60.4 Å². The van der Waals surface area contributed by atoms with Crippen LogP contribution in [0.4, 0.5) is 0 Å². The third kappa shape index (κ3) is 4.54. The number of ketones is 2. The molecular formula is C11H16O4. The van der Waals surface area contributed by atoms with Gasteiger partial charge in [-0.3, -0.25) is 9.59 Å². The van der Waals surface area contributed by atoms with E-state index >= 15 is 0 Å². The van der Waals surface area contributed by atoms with Crippen LogP contribution in [0.25, 0.3) is 0 Å². The summed E-state index contributed by atoms with van der Waals surface area (Å²) >= 11 is 0. The normalized spacial score (nSPS) is 9.87. The summed E-state index contributed by atoms with van der Waals surface area (Å²) in [6.07, 6.45) is 0.0451. The van der Waals surface area contributed by atoms with Gasteiger partial charge in [-0.2, -0.15) is 0 Å². The first-order chi connectivity index (χ1) is 6.90. The van der Waals surface area contributed by atoms with E-state index in [1.165, 1.54) is 13.8 Å². The van der Waals surface area contributed by atoms with Gasteiger partial charge in [-0.25, -0.2) is 4.79 Å². The number of Topliss-reactive ketones (excluding diaryl/α,β-unsaturated/α-hetero) is 2. The molecule has 0 aliphatic heterocycles. The molecule has 0 radical (unpaired) electrons. The molecule has 0 fully saturated rings. The molecule has 0 atom stereocenters. The summed E-state index contributed by atoms with van der Waals surface area (Å²) in [5.74, 6) is -1.84. The summed E-state index contributed by atoms with van der Waals surface area (Å²) in [6.45, 7) is 8.08. The maximum Gasteiger partial charge on any atom is 0.333 e. The molecule has 0 unspecified atom stereocenters. The average Bonchev–Trinajstić information content (AvgIpc) is 2.12. The van der Waals surface area contributed by atoms with E-state index in [4.69, 9.17) is 4.74 Å². The van der Waals surface area contributed by atoms with Gasteiger partial charge >= 0.3 is 5.97 Å². The number of hydrogen-bond acceptors (Lipinski definition) is 4. The van der Waals surface area contributed by atoms with Crippen molar-refractivity contribution in [2.75, 3.05) is 6.61 Å². The van der Waals surface area contributed by atoms with Gasteiger partial charge in [0.15, 0.2) is 0 Å². The molecular weight excluding hydrogens is 196 g/mol. The van der Waals surface area contributed by atoms with Crippen molar-refractivity contribution in [1.82, 2.24) is 0 Å². The Kier molecular flexibility index (Phi) is 5.52. The number of carbonyl (C=O) groups is 3. The van der Waals surface area contributed by atoms with Crippen molar-refractivity contribution in [3.05, 3.63) is 12.2 Å². The molecule has 0 aliphatic rings. The molecule has 84 valence electrons. The largest absolute Gasteiger partial charge is 0.463 e. The molecule has 0 aromatic heterocycles. The Morgan fingerprint density at radius 1 is 1.20 bits per heavy atom. The van der Waals surface area contributed by atoms with Crippen LogP contribution in [0, 0.1) is 5.92 Å². The quantitative estimate of drug-likeness (QED) is 0.378. The molecule has 0 heterocycles. The van der Waals surface area contributed by atoms with Crippen molar-refractivity contribution in [1.29, 1.82) is 0 Å². The maximum atomic E-state index is 11.2. The van der Waals surface area contributed by atoms with Gasteiger partial charge < -0.3 is 4.74 Å². The first-order valence-electron chi connectivity index (χ1n) is 4.75. The van der Waals surface area contributed by atoms with Gasteiger partial charge in [0.2, 0.25) is 0 Å². The molecule has 4 heteroatoms. The Hall–Kier alpha value is -1.45. The van der Waals surface area contributed by atoms with Crippen molar-refractivity contribution >= 4 is 17.5 Å². The van der Waals surface area contributed by atoms with Gasteiger partial charge in [-0.1, -0.05) is 6.58 Å². The Balaban J connectivity index is 4.42. The second-order valence-electron chi connectivity index (χ2n) is 3.30. The van der Waals surface area contributed by atoms with Crippen LogP contribution in [0.5, 0.6) is 0 Å². The minimum absolute atomic E-state index is 0.0451. The van der Waals surface area contributed by atoms with E-state index in [0.717, 1.165) is 0 Å². The molecule has 0 rings (SSSR count). The molecule has 0 aromatic rings. The Labute approximate surface area is 89.3 Å². The first kappa shape index (κ1) is 13.5. The number of rotatable bonds is 6. The highest BCUT2D eigenvalue weighted by Gasteiger charge is 2.23. The zero-order valence-electron chi connectivity index (χ0n) is 9.33. The van der Waals surface area contributed by atoms with E-state index in [1.54, 1.807) is 6.92 Å². The molecule has 0 bridgehead atoms. The summed E-state index contributed by atoms with van der Waals surface area (Å²) < 4.78 is 4.70. The van der Waals surface area contributed by atoms with Gasteiger partial charge in [0, 0.05) is 5.57 Å². The van der Waals surface area contributed by atoms with Crippen LogP contribution < -0.4 is 0 Å². The average molecular weight is 212 g/mol. The van der Waals surface area contributed by atoms with Crippen molar-refractivity contribution in [3.63, 3.8) is 0 Å². The number of carbonyl (C=O) groups excluding carboxylic acids is 3. The highest BCUT2D eigenvalue weighted by molar-refractivity contribution is 6.01. The summed E-state index contributed by atoms with van der Waals surface area (Å²) in [5.41, 5.74) is 0.159. The predicted molar refractivity (Wildman–Crippen MR) is 55.2 cm³/mol. The van der Waals surface area contributed by atoms with Crippen molar-refractivity contribution in [2.24, 2.45) is 5.92 Å². The number of ether oxygens (including phenoxy) is 1. The lowest BCUT2D eigenvalue weighted by molar-refractivity contribution is -0.138. The van der Waals surface area contributed by atoms with E-state index in [9.17, 15) is 14.4 Å². The smallest absolute Gasteiger partial charge is 0.333 e. The van der Waals surface area contributed by atoms with E-state index in [1.807, 2.05) is 0 Å². The van der Waals surface area contributed by atoms with E-state index in [-0.39, 0.29) is 30.2 Å². The van der Waals surface area contributed by atoms with Gasteiger partial charge in [-0.05, 0) is 27.2 Å². The van der Waals surface area contributed by atoms with Crippen LogP contribution in [-0.2, 0) is 19.1 Å². The van der Waals surface area contributed by atoms with Crippen LogP contribution in [0.2, 0.25) is 0 Å². The standard InChI is InChI=1S/C11H16O4/c1-5-15-11(14)7(2)6-10(8(3)12)9(4)13/h10H,2,5-6H2,1,3-4H3. The van der Waals surface area contributed by atoms with Gasteiger partial charge in [-0.15, -0.1) is 0 Å². The van der Waals surface area contributed by atoms with Crippen LogP contribution in [0.3, 0.4) is 0 Å². The molecule has 0 N–H and O–H groups in total. The summed E-state index contributed by atoms with van der Waals surface area (Å²) in [6, 6.07) is 0. The van der Waals surface area contributed by atoms with E-state index < -0.39 is 11.9 Å². The monoisotopic (exact) mass is 212 g/mol. The molecule has 0 aromatic carbocycles. The third-order valence-corrected chi connectivity index (χ3v) is 2.00.